The van der Waals surface area contributed by atoms with Gasteiger partial charge < -0.3 is 14.6 Å². The maximum atomic E-state index is 12.5. The molecule has 0 aromatic rings. The van der Waals surface area contributed by atoms with Crippen LogP contribution in [0.3, 0.4) is 0 Å². The van der Waals surface area contributed by atoms with Crippen molar-refractivity contribution in [2.45, 2.75) is 64.7 Å². The largest absolute Gasteiger partial charge is 0.489 e. The Hall–Kier alpha value is -1.62. The normalized spacial score (nSPS) is 19.0. The molecule has 0 aromatic carbocycles. The number of ketones is 2. The van der Waals surface area contributed by atoms with E-state index in [1.807, 2.05) is 0 Å². The number of ether oxygens (including phenoxy) is 2. The molecule has 0 aromatic heterocycles. The molecule has 136 valence electrons. The van der Waals surface area contributed by atoms with E-state index >= 15 is 0 Å². The van der Waals surface area contributed by atoms with Crippen molar-refractivity contribution in [2.24, 2.45) is 0 Å². The highest BCUT2D eigenvalue weighted by atomic mass is 16.5. The van der Waals surface area contributed by atoms with Crippen molar-refractivity contribution in [3.05, 3.63) is 22.7 Å². The second-order valence-electron chi connectivity index (χ2n) is 5.68. The fourth-order valence-electron chi connectivity index (χ4n) is 2.72. The molecule has 0 bridgehead atoms. The number of hydrogen-bond acceptors (Lipinski definition) is 5. The predicted molar refractivity (Wildman–Crippen MR) is 92.4 cm³/mol. The second-order valence-corrected chi connectivity index (χ2v) is 5.68. The summed E-state index contributed by atoms with van der Waals surface area (Å²) in [5, 5.41) is 9.10. The van der Waals surface area contributed by atoms with Crippen LogP contribution >= 0.6 is 0 Å². The fourth-order valence-corrected chi connectivity index (χ4v) is 2.72. The van der Waals surface area contributed by atoms with Crippen LogP contribution < -0.4 is 0 Å². The van der Waals surface area contributed by atoms with Crippen LogP contribution in [-0.4, -0.2) is 37.5 Å². The van der Waals surface area contributed by atoms with E-state index in [1.54, 1.807) is 6.92 Å². The van der Waals surface area contributed by atoms with Crippen molar-refractivity contribution < 1.29 is 29.7 Å². The lowest BCUT2D eigenvalue weighted by molar-refractivity contribution is -0.121. The van der Waals surface area contributed by atoms with E-state index in [-0.39, 0.29) is 29.5 Å². The summed E-state index contributed by atoms with van der Waals surface area (Å²) in [5.74, 6) is -0.766. The van der Waals surface area contributed by atoms with Crippen molar-refractivity contribution in [1.29, 1.82) is 0 Å². The highest BCUT2D eigenvalue weighted by molar-refractivity contribution is 6.23. The van der Waals surface area contributed by atoms with Gasteiger partial charge in [0.15, 0.2) is 0 Å². The molecule has 1 aliphatic rings. The fraction of sp³-hybridized carbons (Fsp3) is 0.684. The lowest BCUT2D eigenvalue weighted by Gasteiger charge is -2.20. The van der Waals surface area contributed by atoms with Crippen LogP contribution in [0.5, 0.6) is 0 Å². The first-order valence-electron chi connectivity index (χ1n) is 10.3. The van der Waals surface area contributed by atoms with Crippen LogP contribution in [0.25, 0.3) is 0 Å². The number of aliphatic hydroxyl groups is 1. The predicted octanol–water partition coefficient (Wildman–Crippen LogP) is 3.46. The lowest BCUT2D eigenvalue weighted by atomic mass is 9.89. The minimum atomic E-state index is -2.50. The summed E-state index contributed by atoms with van der Waals surface area (Å²) in [5.41, 5.74) is 0.832. The first-order chi connectivity index (χ1) is 12.9. The number of hydrogen-bond donors (Lipinski definition) is 1. The third-order valence-corrected chi connectivity index (χ3v) is 4.08. The summed E-state index contributed by atoms with van der Waals surface area (Å²) in [6.07, 6.45) is 2.12. The molecular weight excluding hydrogens is 308 g/mol. The molecule has 0 radical (unpaired) electrons. The molecule has 1 aliphatic carbocycles. The number of rotatable bonds is 12. The van der Waals surface area contributed by atoms with Crippen molar-refractivity contribution in [3.63, 3.8) is 0 Å². The second kappa shape index (κ2) is 11.0. The quantitative estimate of drug-likeness (QED) is 0.434. The van der Waals surface area contributed by atoms with E-state index in [0.29, 0.717) is 24.0 Å². The van der Waals surface area contributed by atoms with Crippen molar-refractivity contribution in [1.82, 2.24) is 0 Å². The van der Waals surface area contributed by atoms with Gasteiger partial charge in [-0.2, -0.15) is 0 Å². The average molecular weight is 342 g/mol. The molecule has 5 heteroatoms. The van der Waals surface area contributed by atoms with Gasteiger partial charge >= 0.3 is 0 Å². The number of unbranched alkanes of at least 4 members (excludes halogenated alkanes) is 4. The van der Waals surface area contributed by atoms with E-state index in [2.05, 4.69) is 0 Å². The Kier molecular flexibility index (Phi) is 6.75. The van der Waals surface area contributed by atoms with Gasteiger partial charge in [0.05, 0.1) is 17.0 Å². The molecule has 0 saturated heterocycles. The molecule has 0 amide bonds. The van der Waals surface area contributed by atoms with Gasteiger partial charge in [0.1, 0.15) is 0 Å². The minimum absolute atomic E-state index is 0.0564. The molecule has 0 saturated carbocycles. The minimum Gasteiger partial charge on any atom is -0.489 e. The molecular formula is C19H30O5. The first kappa shape index (κ1) is 14.7. The molecule has 0 unspecified atom stereocenters. The van der Waals surface area contributed by atoms with Crippen LogP contribution in [0, 0.1) is 0 Å². The summed E-state index contributed by atoms with van der Waals surface area (Å²) in [6.45, 7) is -0.889. The zero-order valence-corrected chi connectivity index (χ0v) is 14.7. The lowest BCUT2D eigenvalue weighted by Crippen LogP contribution is -2.25. The molecule has 5 nitrogen and oxygen atoms in total. The maximum Gasteiger partial charge on any atom is 0.228 e. The molecule has 1 N–H and O–H groups in total. The number of methoxy groups -OCH3 is 2. The van der Waals surface area contributed by atoms with Crippen molar-refractivity contribution >= 4 is 11.6 Å². The maximum absolute atomic E-state index is 12.5. The summed E-state index contributed by atoms with van der Waals surface area (Å²) in [4.78, 5) is 24.8. The number of allylic oxidation sites excluding steroid dienone is 2. The Morgan fingerprint density at radius 2 is 1.42 bits per heavy atom. The van der Waals surface area contributed by atoms with E-state index in [0.717, 1.165) is 25.7 Å². The smallest absolute Gasteiger partial charge is 0.228 e. The average Bonchev–Trinajstić information content (AvgIpc) is 2.57. The SMILES string of the molecule is [2H]C([2H])(O)CC([2H])([2H])CCCCCCCC1=C(C)C(=O)C(OC)=C(OC)C1=O. The number of carbonyl (C=O) groups excluding carboxylic acids is 2. The Balaban J connectivity index is 2.42. The number of carbonyl (C=O) groups is 2. The third-order valence-electron chi connectivity index (χ3n) is 4.08. The molecule has 0 heterocycles. The molecule has 0 fully saturated rings. The summed E-state index contributed by atoms with van der Waals surface area (Å²) in [6, 6.07) is 0. The first-order valence-corrected chi connectivity index (χ1v) is 8.27. The third kappa shape index (κ3) is 5.48. The Bertz CT molecular complexity index is 647. The zero-order chi connectivity index (χ0) is 21.5. The Morgan fingerprint density at radius 1 is 0.875 bits per heavy atom. The van der Waals surface area contributed by atoms with Crippen LogP contribution in [0.15, 0.2) is 22.7 Å². The molecule has 0 aliphatic heterocycles. The molecule has 0 atom stereocenters. The van der Waals surface area contributed by atoms with E-state index in [4.69, 9.17) is 20.1 Å². The Morgan fingerprint density at radius 3 is 2.00 bits per heavy atom. The van der Waals surface area contributed by atoms with Crippen molar-refractivity contribution in [3.8, 4) is 0 Å². The standard InChI is InChI=1S/C19H30O5/c1-14-15(12-10-8-6-4-5-7-9-11-13-20)17(22)19(24-3)18(23-2)16(14)21/h20H,4-13H2,1-3H3/i9D2,13D2. The summed E-state index contributed by atoms with van der Waals surface area (Å²) < 4.78 is 39.6. The molecule has 24 heavy (non-hydrogen) atoms. The van der Waals surface area contributed by atoms with E-state index in [9.17, 15) is 9.59 Å². The van der Waals surface area contributed by atoms with Gasteiger partial charge in [-0.1, -0.05) is 38.5 Å². The monoisotopic (exact) mass is 342 g/mol. The van der Waals surface area contributed by atoms with Crippen LogP contribution in [0.2, 0.25) is 0 Å². The van der Waals surface area contributed by atoms with Gasteiger partial charge in [0.25, 0.3) is 0 Å². The van der Waals surface area contributed by atoms with Gasteiger partial charge in [-0.05, 0) is 26.2 Å². The van der Waals surface area contributed by atoms with Crippen LogP contribution in [0.1, 0.15) is 70.1 Å². The van der Waals surface area contributed by atoms with Gasteiger partial charge in [0.2, 0.25) is 23.1 Å². The summed E-state index contributed by atoms with van der Waals surface area (Å²) >= 11 is 0. The van der Waals surface area contributed by atoms with Crippen LogP contribution in [-0.2, 0) is 19.1 Å². The number of Topliss-reactive ketones (excluding diaryl/α,β-unsaturated/α-hetero) is 2. The molecule has 0 spiro atoms. The van der Waals surface area contributed by atoms with Crippen molar-refractivity contribution in [2.75, 3.05) is 20.8 Å². The highest BCUT2D eigenvalue weighted by Gasteiger charge is 2.34. The highest BCUT2D eigenvalue weighted by Crippen LogP contribution is 2.28. The van der Waals surface area contributed by atoms with E-state index < -0.39 is 19.4 Å². The van der Waals surface area contributed by atoms with Gasteiger partial charge in [0, 0.05) is 20.4 Å². The van der Waals surface area contributed by atoms with Gasteiger partial charge in [-0.3, -0.25) is 9.59 Å². The summed E-state index contributed by atoms with van der Waals surface area (Å²) in [7, 11) is 2.66. The topological polar surface area (TPSA) is 72.8 Å². The van der Waals surface area contributed by atoms with Gasteiger partial charge in [-0.25, -0.2) is 0 Å². The molecule has 1 rings (SSSR count). The Labute approximate surface area is 150 Å². The van der Waals surface area contributed by atoms with Crippen LogP contribution in [0.4, 0.5) is 0 Å². The van der Waals surface area contributed by atoms with Gasteiger partial charge in [-0.15, -0.1) is 0 Å². The van der Waals surface area contributed by atoms with E-state index in [1.165, 1.54) is 14.2 Å². The zero-order valence-electron chi connectivity index (χ0n) is 18.7.